The molecule has 0 aliphatic heterocycles. The van der Waals surface area contributed by atoms with Crippen LogP contribution in [-0.4, -0.2) is 20.3 Å². The van der Waals surface area contributed by atoms with Crippen molar-refractivity contribution in [3.8, 4) is 0 Å². The van der Waals surface area contributed by atoms with Crippen LogP contribution in [0.1, 0.15) is 18.9 Å². The summed E-state index contributed by atoms with van der Waals surface area (Å²) in [5.41, 5.74) is 2.15. The van der Waals surface area contributed by atoms with Gasteiger partial charge in [0.25, 0.3) is 5.56 Å². The summed E-state index contributed by atoms with van der Waals surface area (Å²) in [5, 5.41) is 9.45. The minimum Gasteiger partial charge on any atom is -0.350 e. The smallest absolute Gasteiger partial charge is 0.291 e. The number of hydrogen-bond acceptors (Lipinski definition) is 3. The highest BCUT2D eigenvalue weighted by Gasteiger charge is 2.16. The fourth-order valence-corrected chi connectivity index (χ4v) is 3.79. The lowest BCUT2D eigenvalue weighted by molar-refractivity contribution is -0.122. The first-order chi connectivity index (χ1) is 14.1. The molecular formula is C22H21ClN4O2. The maximum atomic E-state index is 13.1. The van der Waals surface area contributed by atoms with Gasteiger partial charge in [0.1, 0.15) is 12.1 Å². The Bertz CT molecular complexity index is 1260. The van der Waals surface area contributed by atoms with Gasteiger partial charge in [0.05, 0.1) is 6.20 Å². The fourth-order valence-electron chi connectivity index (χ4n) is 3.59. The molecule has 2 aromatic heterocycles. The van der Waals surface area contributed by atoms with Gasteiger partial charge < -0.3 is 9.88 Å². The summed E-state index contributed by atoms with van der Waals surface area (Å²) in [6.07, 6.45) is 2.57. The maximum Gasteiger partial charge on any atom is 0.291 e. The Morgan fingerprint density at radius 2 is 1.86 bits per heavy atom. The van der Waals surface area contributed by atoms with Gasteiger partial charge in [-0.2, -0.15) is 5.10 Å². The van der Waals surface area contributed by atoms with Crippen molar-refractivity contribution < 1.29 is 4.79 Å². The SMILES string of the molecule is CCCn1c2ccccc2c2cnn(CC(=O)NCc3ccccc3Cl)c(=O)c21. The third kappa shape index (κ3) is 3.63. The number of aromatic nitrogens is 3. The molecule has 6 nitrogen and oxygen atoms in total. The number of carbonyl (C=O) groups is 1. The molecule has 0 unspecified atom stereocenters. The Hall–Kier alpha value is -3.12. The molecule has 148 valence electrons. The zero-order chi connectivity index (χ0) is 20.4. The molecule has 0 bridgehead atoms. The van der Waals surface area contributed by atoms with Crippen molar-refractivity contribution in [3.05, 3.63) is 75.7 Å². The molecule has 1 N–H and O–H groups in total. The van der Waals surface area contributed by atoms with E-state index in [-0.39, 0.29) is 18.0 Å². The van der Waals surface area contributed by atoms with Crippen LogP contribution in [0.3, 0.4) is 0 Å². The van der Waals surface area contributed by atoms with E-state index >= 15 is 0 Å². The van der Waals surface area contributed by atoms with E-state index in [9.17, 15) is 9.59 Å². The first-order valence-electron chi connectivity index (χ1n) is 9.57. The van der Waals surface area contributed by atoms with Crippen molar-refractivity contribution in [3.63, 3.8) is 0 Å². The number of rotatable bonds is 6. The molecule has 0 fully saturated rings. The maximum absolute atomic E-state index is 13.1. The lowest BCUT2D eigenvalue weighted by Crippen LogP contribution is -2.33. The van der Waals surface area contributed by atoms with Crippen LogP contribution in [0.2, 0.25) is 5.02 Å². The van der Waals surface area contributed by atoms with Crippen molar-refractivity contribution in [1.82, 2.24) is 19.7 Å². The van der Waals surface area contributed by atoms with Crippen molar-refractivity contribution in [2.24, 2.45) is 0 Å². The molecular weight excluding hydrogens is 388 g/mol. The van der Waals surface area contributed by atoms with Crippen LogP contribution in [-0.2, 0) is 24.4 Å². The number of para-hydroxylation sites is 1. The van der Waals surface area contributed by atoms with Crippen molar-refractivity contribution >= 4 is 39.3 Å². The van der Waals surface area contributed by atoms with Gasteiger partial charge >= 0.3 is 0 Å². The summed E-state index contributed by atoms with van der Waals surface area (Å²) >= 11 is 6.12. The third-order valence-corrected chi connectivity index (χ3v) is 5.32. The van der Waals surface area contributed by atoms with E-state index in [1.807, 2.05) is 47.0 Å². The number of nitrogens with one attached hydrogen (secondary N) is 1. The number of benzene rings is 2. The lowest BCUT2D eigenvalue weighted by Gasteiger charge is -2.09. The number of carbonyl (C=O) groups excluding carboxylic acids is 1. The van der Waals surface area contributed by atoms with Gasteiger partial charge in [0.15, 0.2) is 0 Å². The van der Waals surface area contributed by atoms with Gasteiger partial charge in [-0.25, -0.2) is 4.68 Å². The van der Waals surface area contributed by atoms with Crippen molar-refractivity contribution in [1.29, 1.82) is 0 Å². The minimum atomic E-state index is -0.294. The molecule has 0 saturated carbocycles. The van der Waals surface area contributed by atoms with Gasteiger partial charge in [-0.05, 0) is 24.1 Å². The fraction of sp³-hybridized carbons (Fsp3) is 0.227. The molecule has 0 aliphatic carbocycles. The Balaban J connectivity index is 1.64. The second-order valence-corrected chi connectivity index (χ2v) is 7.31. The van der Waals surface area contributed by atoms with Gasteiger partial charge in [-0.1, -0.05) is 54.9 Å². The molecule has 29 heavy (non-hydrogen) atoms. The second kappa shape index (κ2) is 8.09. The van der Waals surface area contributed by atoms with Crippen LogP contribution >= 0.6 is 11.6 Å². The van der Waals surface area contributed by atoms with Crippen LogP contribution < -0.4 is 10.9 Å². The summed E-state index contributed by atoms with van der Waals surface area (Å²) < 4.78 is 3.24. The summed E-state index contributed by atoms with van der Waals surface area (Å²) in [4.78, 5) is 25.5. The number of amides is 1. The molecule has 1 amide bonds. The number of hydrogen-bond donors (Lipinski definition) is 1. The molecule has 7 heteroatoms. The lowest BCUT2D eigenvalue weighted by atomic mass is 10.2. The van der Waals surface area contributed by atoms with E-state index in [0.717, 1.165) is 34.8 Å². The third-order valence-electron chi connectivity index (χ3n) is 4.95. The van der Waals surface area contributed by atoms with Crippen molar-refractivity contribution in [2.75, 3.05) is 0 Å². The van der Waals surface area contributed by atoms with Crippen LogP contribution in [0, 0.1) is 0 Å². The molecule has 0 saturated heterocycles. The Kier molecular flexibility index (Phi) is 5.36. The predicted octanol–water partition coefficient (Wildman–Crippen LogP) is 3.73. The van der Waals surface area contributed by atoms with Crippen LogP contribution in [0.25, 0.3) is 21.8 Å². The normalized spacial score (nSPS) is 11.2. The average Bonchev–Trinajstić information content (AvgIpc) is 3.04. The second-order valence-electron chi connectivity index (χ2n) is 6.91. The minimum absolute atomic E-state index is 0.146. The standard InChI is InChI=1S/C22H21ClN4O2/c1-2-11-26-19-10-6-4-8-16(19)17-13-25-27(22(29)21(17)26)14-20(28)24-12-15-7-3-5-9-18(15)23/h3-10,13H,2,11-12,14H2,1H3,(H,24,28). The quantitative estimate of drug-likeness (QED) is 0.528. The van der Waals surface area contributed by atoms with E-state index in [0.29, 0.717) is 17.1 Å². The molecule has 0 atom stereocenters. The highest BCUT2D eigenvalue weighted by molar-refractivity contribution is 6.31. The number of halogens is 1. The molecule has 2 aromatic carbocycles. The molecule has 4 rings (SSSR count). The predicted molar refractivity (Wildman–Crippen MR) is 115 cm³/mol. The Morgan fingerprint density at radius 1 is 1.10 bits per heavy atom. The van der Waals surface area contributed by atoms with Gasteiger partial charge in [-0.3, -0.25) is 9.59 Å². The molecule has 0 aliphatic rings. The highest BCUT2D eigenvalue weighted by atomic mass is 35.5. The zero-order valence-corrected chi connectivity index (χ0v) is 16.8. The topological polar surface area (TPSA) is 68.9 Å². The Morgan fingerprint density at radius 3 is 2.66 bits per heavy atom. The number of nitrogens with zero attached hydrogens (tertiary/aromatic N) is 3. The first kappa shape index (κ1) is 19.2. The first-order valence-corrected chi connectivity index (χ1v) is 9.95. The van der Waals surface area contributed by atoms with E-state index in [2.05, 4.69) is 17.3 Å². The largest absolute Gasteiger partial charge is 0.350 e. The molecule has 4 aromatic rings. The molecule has 2 heterocycles. The zero-order valence-electron chi connectivity index (χ0n) is 16.1. The van der Waals surface area contributed by atoms with Crippen LogP contribution in [0.15, 0.2) is 59.5 Å². The van der Waals surface area contributed by atoms with E-state index in [1.54, 1.807) is 12.3 Å². The van der Waals surface area contributed by atoms with Crippen molar-refractivity contribution in [2.45, 2.75) is 33.0 Å². The van der Waals surface area contributed by atoms with Crippen LogP contribution in [0.5, 0.6) is 0 Å². The van der Waals surface area contributed by atoms with Gasteiger partial charge in [0.2, 0.25) is 5.91 Å². The summed E-state index contributed by atoms with van der Waals surface area (Å²) in [5.74, 6) is -0.294. The number of fused-ring (bicyclic) bond motifs is 3. The van der Waals surface area contributed by atoms with E-state index < -0.39 is 0 Å². The van der Waals surface area contributed by atoms with Gasteiger partial charge in [0, 0.05) is 34.4 Å². The number of aryl methyl sites for hydroxylation is 1. The Labute approximate surface area is 172 Å². The average molecular weight is 409 g/mol. The molecule has 0 radical (unpaired) electrons. The monoisotopic (exact) mass is 408 g/mol. The summed E-state index contributed by atoms with van der Waals surface area (Å²) in [6, 6.07) is 15.2. The molecule has 0 spiro atoms. The highest BCUT2D eigenvalue weighted by Crippen LogP contribution is 2.26. The summed E-state index contributed by atoms with van der Waals surface area (Å²) in [6.45, 7) is 2.95. The summed E-state index contributed by atoms with van der Waals surface area (Å²) in [7, 11) is 0. The van der Waals surface area contributed by atoms with Crippen LogP contribution in [0.4, 0.5) is 0 Å². The van der Waals surface area contributed by atoms with E-state index in [1.165, 1.54) is 4.68 Å². The van der Waals surface area contributed by atoms with E-state index in [4.69, 9.17) is 11.6 Å². The van der Waals surface area contributed by atoms with Gasteiger partial charge in [-0.15, -0.1) is 0 Å².